The third-order valence-electron chi connectivity index (χ3n) is 4.01. The molecule has 0 aliphatic carbocycles. The zero-order valence-electron chi connectivity index (χ0n) is 14.3. The van der Waals surface area contributed by atoms with E-state index in [0.717, 1.165) is 11.1 Å². The lowest BCUT2D eigenvalue weighted by atomic mass is 10.1. The first kappa shape index (κ1) is 18.4. The Bertz CT molecular complexity index is 799. The first-order valence-electron chi connectivity index (χ1n) is 8.18. The second-order valence-corrected chi connectivity index (χ2v) is 5.97. The lowest BCUT2D eigenvalue weighted by molar-refractivity contribution is -0.142. The average Bonchev–Trinajstić information content (AvgIpc) is 2.59. The van der Waals surface area contributed by atoms with Gasteiger partial charge in [-0.25, -0.2) is 4.79 Å². The molecule has 2 N–H and O–H groups in total. The van der Waals surface area contributed by atoms with E-state index < -0.39 is 24.0 Å². The molecule has 0 radical (unpaired) electrons. The van der Waals surface area contributed by atoms with Crippen molar-refractivity contribution in [1.82, 2.24) is 9.88 Å². The number of carbonyl (C=O) groups is 2. The number of rotatable bonds is 7. The molecule has 2 unspecified atom stereocenters. The van der Waals surface area contributed by atoms with Gasteiger partial charge in [0.25, 0.3) is 5.56 Å². The van der Waals surface area contributed by atoms with Gasteiger partial charge in [0.2, 0.25) is 5.91 Å². The van der Waals surface area contributed by atoms with Crippen molar-refractivity contribution in [2.75, 3.05) is 0 Å². The van der Waals surface area contributed by atoms with Crippen LogP contribution in [0, 0.1) is 6.92 Å². The van der Waals surface area contributed by atoms with Crippen molar-refractivity contribution >= 4 is 11.9 Å². The van der Waals surface area contributed by atoms with Gasteiger partial charge in [0.05, 0.1) is 0 Å². The number of aromatic nitrogens is 1. The van der Waals surface area contributed by atoms with E-state index in [1.807, 2.05) is 37.3 Å². The van der Waals surface area contributed by atoms with E-state index in [1.165, 1.54) is 10.6 Å². The van der Waals surface area contributed by atoms with Gasteiger partial charge in [-0.05, 0) is 24.5 Å². The summed E-state index contributed by atoms with van der Waals surface area (Å²) in [6.07, 6.45) is 2.18. The summed E-state index contributed by atoms with van der Waals surface area (Å²) in [4.78, 5) is 36.2. The molecule has 0 saturated carbocycles. The van der Waals surface area contributed by atoms with Crippen LogP contribution in [0.3, 0.4) is 0 Å². The Balaban J connectivity index is 2.19. The molecule has 0 spiro atoms. The molecule has 2 atom stereocenters. The summed E-state index contributed by atoms with van der Waals surface area (Å²) in [6.45, 7) is 3.61. The number of pyridine rings is 1. The molecule has 1 heterocycles. The summed E-state index contributed by atoms with van der Waals surface area (Å²) in [5, 5.41) is 12.0. The van der Waals surface area contributed by atoms with Gasteiger partial charge < -0.3 is 15.0 Å². The Morgan fingerprint density at radius 3 is 2.44 bits per heavy atom. The number of hydrogen-bond acceptors (Lipinski definition) is 3. The fraction of sp³-hybridized carbons (Fsp3) is 0.316. The Labute approximate surface area is 146 Å². The molecule has 2 aromatic rings. The Kier molecular flexibility index (Phi) is 6.11. The highest BCUT2D eigenvalue weighted by molar-refractivity contribution is 5.86. The molecule has 132 valence electrons. The summed E-state index contributed by atoms with van der Waals surface area (Å²) in [7, 11) is 0. The number of aliphatic carboxylic acids is 1. The van der Waals surface area contributed by atoms with Crippen molar-refractivity contribution in [3.05, 3.63) is 70.1 Å². The van der Waals surface area contributed by atoms with E-state index in [0.29, 0.717) is 6.42 Å². The van der Waals surface area contributed by atoms with Crippen molar-refractivity contribution < 1.29 is 14.7 Å². The zero-order chi connectivity index (χ0) is 18.4. The molecule has 1 aromatic heterocycles. The van der Waals surface area contributed by atoms with Crippen LogP contribution in [0.15, 0.2) is 53.5 Å². The fourth-order valence-electron chi connectivity index (χ4n) is 2.68. The van der Waals surface area contributed by atoms with E-state index in [9.17, 15) is 19.5 Å². The summed E-state index contributed by atoms with van der Waals surface area (Å²) in [5.41, 5.74) is 1.38. The number of nitrogens with zero attached hydrogens (tertiary/aromatic N) is 1. The first-order valence-corrected chi connectivity index (χ1v) is 8.18. The number of benzene rings is 1. The Morgan fingerprint density at radius 2 is 1.84 bits per heavy atom. The molecule has 1 amide bonds. The van der Waals surface area contributed by atoms with Crippen LogP contribution in [0.25, 0.3) is 0 Å². The molecule has 0 saturated heterocycles. The smallest absolute Gasteiger partial charge is 0.326 e. The van der Waals surface area contributed by atoms with Crippen molar-refractivity contribution in [3.63, 3.8) is 0 Å². The normalized spacial score (nSPS) is 13.0. The summed E-state index contributed by atoms with van der Waals surface area (Å²) in [5.74, 6) is -1.58. The highest BCUT2D eigenvalue weighted by atomic mass is 16.4. The number of nitrogens with one attached hydrogen (secondary N) is 1. The van der Waals surface area contributed by atoms with Crippen LogP contribution in [0.4, 0.5) is 0 Å². The van der Waals surface area contributed by atoms with Crippen LogP contribution in [0.2, 0.25) is 0 Å². The van der Waals surface area contributed by atoms with Gasteiger partial charge in [0.1, 0.15) is 12.1 Å². The van der Waals surface area contributed by atoms with Crippen LogP contribution < -0.4 is 10.9 Å². The molecule has 0 bridgehead atoms. The van der Waals surface area contributed by atoms with Crippen molar-refractivity contribution in [1.29, 1.82) is 0 Å². The zero-order valence-corrected chi connectivity index (χ0v) is 14.3. The minimum atomic E-state index is -1.11. The molecule has 25 heavy (non-hydrogen) atoms. The number of amides is 1. The number of carbonyl (C=O) groups excluding carboxylic acids is 1. The van der Waals surface area contributed by atoms with Crippen LogP contribution in [-0.4, -0.2) is 27.6 Å². The monoisotopic (exact) mass is 342 g/mol. The third-order valence-corrected chi connectivity index (χ3v) is 4.01. The van der Waals surface area contributed by atoms with Crippen LogP contribution in [-0.2, 0) is 16.0 Å². The summed E-state index contributed by atoms with van der Waals surface area (Å²) >= 11 is 0. The van der Waals surface area contributed by atoms with E-state index in [-0.39, 0.29) is 12.0 Å². The predicted molar refractivity (Wildman–Crippen MR) is 94.5 cm³/mol. The van der Waals surface area contributed by atoms with Gasteiger partial charge in [-0.2, -0.15) is 0 Å². The van der Waals surface area contributed by atoms with E-state index in [1.54, 1.807) is 19.2 Å². The molecule has 2 rings (SSSR count). The van der Waals surface area contributed by atoms with E-state index in [2.05, 4.69) is 5.32 Å². The van der Waals surface area contributed by atoms with Crippen LogP contribution in [0.5, 0.6) is 0 Å². The van der Waals surface area contributed by atoms with Crippen molar-refractivity contribution in [2.24, 2.45) is 0 Å². The highest BCUT2D eigenvalue weighted by Gasteiger charge is 2.26. The van der Waals surface area contributed by atoms with E-state index >= 15 is 0 Å². The van der Waals surface area contributed by atoms with Crippen LogP contribution in [0.1, 0.15) is 30.5 Å². The predicted octanol–water partition coefficient (Wildman–Crippen LogP) is 1.92. The van der Waals surface area contributed by atoms with Gasteiger partial charge in [-0.1, -0.05) is 43.3 Å². The largest absolute Gasteiger partial charge is 0.480 e. The fourth-order valence-corrected chi connectivity index (χ4v) is 2.68. The molecule has 1 aromatic carbocycles. The molecule has 0 fully saturated rings. The molecule has 6 heteroatoms. The third kappa shape index (κ3) is 4.79. The quantitative estimate of drug-likeness (QED) is 0.805. The maximum Gasteiger partial charge on any atom is 0.326 e. The number of hydrogen-bond donors (Lipinski definition) is 2. The lowest BCUT2D eigenvalue weighted by Crippen LogP contribution is -2.46. The van der Waals surface area contributed by atoms with Gasteiger partial charge in [0.15, 0.2) is 0 Å². The molecule has 6 nitrogen and oxygen atoms in total. The summed E-state index contributed by atoms with van der Waals surface area (Å²) in [6, 6.07) is 10.4. The minimum Gasteiger partial charge on any atom is -0.480 e. The molecule has 0 aliphatic heterocycles. The molecule has 0 aliphatic rings. The van der Waals surface area contributed by atoms with Gasteiger partial charge >= 0.3 is 5.97 Å². The highest BCUT2D eigenvalue weighted by Crippen LogP contribution is 2.11. The second kappa shape index (κ2) is 8.28. The van der Waals surface area contributed by atoms with E-state index in [4.69, 9.17) is 0 Å². The van der Waals surface area contributed by atoms with Crippen LogP contribution >= 0.6 is 0 Å². The van der Waals surface area contributed by atoms with Gasteiger partial charge in [0, 0.05) is 18.7 Å². The molecular formula is C19H22N2O4. The number of carboxylic acid groups (broad SMARTS) is 1. The van der Waals surface area contributed by atoms with Gasteiger partial charge in [-0.15, -0.1) is 0 Å². The minimum absolute atomic E-state index is 0.182. The van der Waals surface area contributed by atoms with Gasteiger partial charge in [-0.3, -0.25) is 9.59 Å². The summed E-state index contributed by atoms with van der Waals surface area (Å²) < 4.78 is 1.35. The molecular weight excluding hydrogens is 320 g/mol. The Morgan fingerprint density at radius 1 is 1.16 bits per heavy atom. The first-order chi connectivity index (χ1) is 11.9. The maximum absolute atomic E-state index is 12.6. The lowest BCUT2D eigenvalue weighted by Gasteiger charge is -2.21. The SMILES string of the molecule is CCC(C(=O)NC(Cc1ccccc1)C(=O)O)n1cc(C)ccc1=O. The van der Waals surface area contributed by atoms with Crippen molar-refractivity contribution in [3.8, 4) is 0 Å². The van der Waals surface area contributed by atoms with Crippen molar-refractivity contribution in [2.45, 2.75) is 38.8 Å². The second-order valence-electron chi connectivity index (χ2n) is 5.97. The number of aryl methyl sites for hydroxylation is 1. The maximum atomic E-state index is 12.6. The average molecular weight is 342 g/mol. The standard InChI is InChI=1S/C19H22N2O4/c1-3-16(21-12-13(2)9-10-17(21)22)18(23)20-15(19(24)25)11-14-7-5-4-6-8-14/h4-10,12,15-16H,3,11H2,1-2H3,(H,20,23)(H,24,25). The Hall–Kier alpha value is -2.89. The topological polar surface area (TPSA) is 88.4 Å². The number of carboxylic acids is 1.